The Morgan fingerprint density at radius 1 is 1.07 bits per heavy atom. The predicted molar refractivity (Wildman–Crippen MR) is 104 cm³/mol. The number of carbonyl (C=O) groups is 2. The van der Waals surface area contributed by atoms with Gasteiger partial charge in [-0.25, -0.2) is 0 Å². The molecular formula is C23H15NO5. The molecule has 0 saturated heterocycles. The summed E-state index contributed by atoms with van der Waals surface area (Å²) >= 11 is 0. The number of Topliss-reactive ketones (excluding diaryl/α,β-unsaturated/α-hetero) is 1. The Kier molecular flexibility index (Phi) is 3.91. The first-order valence-corrected chi connectivity index (χ1v) is 9.11. The molecule has 0 saturated carbocycles. The number of carbonyl (C=O) groups excluding carboxylic acids is 2. The van der Waals surface area contributed by atoms with Crippen molar-refractivity contribution in [2.75, 3.05) is 0 Å². The summed E-state index contributed by atoms with van der Waals surface area (Å²) in [5.41, 5.74) is 2.54. The number of aromatic hydroxyl groups is 1. The SMILES string of the molecule is O=C1CC(c2cccc(O)c2)c2c(ccc3c2O/C(=C\c2cccnc2)C3=O)O1. The molecule has 1 unspecified atom stereocenters. The number of ether oxygens (including phenoxy) is 2. The molecule has 0 bridgehead atoms. The number of aromatic nitrogens is 1. The van der Waals surface area contributed by atoms with E-state index in [0.29, 0.717) is 22.6 Å². The third-order valence-corrected chi connectivity index (χ3v) is 5.03. The van der Waals surface area contributed by atoms with E-state index in [-0.39, 0.29) is 35.6 Å². The van der Waals surface area contributed by atoms with Crippen molar-refractivity contribution in [3.8, 4) is 17.2 Å². The van der Waals surface area contributed by atoms with Gasteiger partial charge in [-0.15, -0.1) is 0 Å². The van der Waals surface area contributed by atoms with Gasteiger partial charge < -0.3 is 14.6 Å². The van der Waals surface area contributed by atoms with E-state index in [0.717, 1.165) is 11.1 Å². The molecule has 3 heterocycles. The van der Waals surface area contributed by atoms with Crippen LogP contribution >= 0.6 is 0 Å². The molecule has 0 amide bonds. The lowest BCUT2D eigenvalue weighted by Gasteiger charge is -2.26. The molecule has 5 rings (SSSR count). The van der Waals surface area contributed by atoms with Gasteiger partial charge in [0, 0.05) is 23.9 Å². The molecule has 3 aromatic rings. The summed E-state index contributed by atoms with van der Waals surface area (Å²) in [5.74, 6) is 0.0447. The first-order valence-electron chi connectivity index (χ1n) is 9.11. The van der Waals surface area contributed by atoms with Crippen LogP contribution in [0.1, 0.15) is 39.4 Å². The van der Waals surface area contributed by atoms with Crippen molar-refractivity contribution in [1.82, 2.24) is 4.98 Å². The highest BCUT2D eigenvalue weighted by atomic mass is 16.5. The van der Waals surface area contributed by atoms with Crippen LogP contribution in [0, 0.1) is 0 Å². The number of benzene rings is 2. The number of hydrogen-bond acceptors (Lipinski definition) is 6. The van der Waals surface area contributed by atoms with E-state index in [1.54, 1.807) is 54.9 Å². The average Bonchev–Trinajstić information content (AvgIpc) is 3.03. The first kappa shape index (κ1) is 17.2. The van der Waals surface area contributed by atoms with Gasteiger partial charge in [-0.05, 0) is 47.5 Å². The number of hydrogen-bond donors (Lipinski definition) is 1. The molecule has 1 N–H and O–H groups in total. The van der Waals surface area contributed by atoms with Crippen LogP contribution in [-0.2, 0) is 4.79 Å². The van der Waals surface area contributed by atoms with Gasteiger partial charge in [0.2, 0.25) is 5.78 Å². The second kappa shape index (κ2) is 6.60. The van der Waals surface area contributed by atoms with Gasteiger partial charge in [0.15, 0.2) is 5.76 Å². The third-order valence-electron chi connectivity index (χ3n) is 5.03. The van der Waals surface area contributed by atoms with Gasteiger partial charge in [0.1, 0.15) is 17.2 Å². The number of rotatable bonds is 2. The highest BCUT2D eigenvalue weighted by molar-refractivity contribution is 6.15. The third kappa shape index (κ3) is 2.95. The Bertz CT molecular complexity index is 1180. The molecule has 2 aliphatic heterocycles. The number of fused-ring (bicyclic) bond motifs is 3. The van der Waals surface area contributed by atoms with Crippen LogP contribution in [0.25, 0.3) is 6.08 Å². The molecule has 6 nitrogen and oxygen atoms in total. The number of pyridine rings is 1. The fourth-order valence-corrected chi connectivity index (χ4v) is 3.75. The fraction of sp³-hybridized carbons (Fsp3) is 0.0870. The van der Waals surface area contributed by atoms with Gasteiger partial charge >= 0.3 is 5.97 Å². The van der Waals surface area contributed by atoms with Gasteiger partial charge in [-0.3, -0.25) is 14.6 Å². The lowest BCUT2D eigenvalue weighted by molar-refractivity contribution is -0.135. The van der Waals surface area contributed by atoms with E-state index in [9.17, 15) is 14.7 Å². The molecule has 29 heavy (non-hydrogen) atoms. The number of allylic oxidation sites excluding steroid dienone is 1. The monoisotopic (exact) mass is 385 g/mol. The van der Waals surface area contributed by atoms with Crippen molar-refractivity contribution in [2.24, 2.45) is 0 Å². The first-order chi connectivity index (χ1) is 14.1. The van der Waals surface area contributed by atoms with Crippen LogP contribution in [0.15, 0.2) is 66.7 Å². The Morgan fingerprint density at radius 3 is 2.76 bits per heavy atom. The van der Waals surface area contributed by atoms with Crippen LogP contribution < -0.4 is 9.47 Å². The summed E-state index contributed by atoms with van der Waals surface area (Å²) in [6.45, 7) is 0. The maximum Gasteiger partial charge on any atom is 0.312 e. The highest BCUT2D eigenvalue weighted by Crippen LogP contribution is 2.49. The summed E-state index contributed by atoms with van der Waals surface area (Å²) in [4.78, 5) is 29.1. The fourth-order valence-electron chi connectivity index (χ4n) is 3.75. The quantitative estimate of drug-likeness (QED) is 0.410. The van der Waals surface area contributed by atoms with Crippen molar-refractivity contribution in [2.45, 2.75) is 12.3 Å². The van der Waals surface area contributed by atoms with E-state index in [1.807, 2.05) is 12.1 Å². The Balaban J connectivity index is 1.64. The molecule has 6 heteroatoms. The molecule has 142 valence electrons. The maximum atomic E-state index is 12.9. The number of nitrogens with zero attached hydrogens (tertiary/aromatic N) is 1. The van der Waals surface area contributed by atoms with E-state index in [1.165, 1.54) is 0 Å². The zero-order chi connectivity index (χ0) is 20.0. The standard InChI is InChI=1S/C23H15NO5/c25-15-5-1-4-14(10-15)17-11-20(26)28-18-7-6-16-22(27)19(29-23(16)21(17)18)9-13-3-2-8-24-12-13/h1-10,12,17,25H,11H2/b19-9-. The topological polar surface area (TPSA) is 85.7 Å². The van der Waals surface area contributed by atoms with Crippen molar-refractivity contribution in [3.05, 3.63) is 88.9 Å². The highest BCUT2D eigenvalue weighted by Gasteiger charge is 2.38. The van der Waals surface area contributed by atoms with Crippen molar-refractivity contribution < 1.29 is 24.2 Å². The summed E-state index contributed by atoms with van der Waals surface area (Å²) < 4.78 is 11.4. The van der Waals surface area contributed by atoms with Crippen LogP contribution in [0.4, 0.5) is 0 Å². The van der Waals surface area contributed by atoms with Gasteiger partial charge in [0.25, 0.3) is 0 Å². The molecule has 0 radical (unpaired) electrons. The second-order valence-corrected chi connectivity index (χ2v) is 6.91. The largest absolute Gasteiger partial charge is 0.508 e. The predicted octanol–water partition coefficient (Wildman–Crippen LogP) is 3.84. The summed E-state index contributed by atoms with van der Waals surface area (Å²) in [6, 6.07) is 13.5. The van der Waals surface area contributed by atoms with Crippen molar-refractivity contribution >= 4 is 17.8 Å². The smallest absolute Gasteiger partial charge is 0.312 e. The van der Waals surface area contributed by atoms with Crippen molar-refractivity contribution in [3.63, 3.8) is 0 Å². The minimum atomic E-state index is -0.390. The number of ketones is 1. The van der Waals surface area contributed by atoms with Crippen molar-refractivity contribution in [1.29, 1.82) is 0 Å². The normalized spacial score (nSPS) is 18.8. The molecular weight excluding hydrogens is 370 g/mol. The van der Waals surface area contributed by atoms with Gasteiger partial charge in [-0.2, -0.15) is 0 Å². The molecule has 0 fully saturated rings. The van der Waals surface area contributed by atoms with E-state index >= 15 is 0 Å². The molecule has 1 aromatic heterocycles. The van der Waals surface area contributed by atoms with Crippen LogP contribution in [-0.4, -0.2) is 21.8 Å². The number of phenols is 1. The summed E-state index contributed by atoms with van der Waals surface area (Å²) in [5, 5.41) is 9.88. The van der Waals surface area contributed by atoms with E-state index in [2.05, 4.69) is 4.98 Å². The van der Waals surface area contributed by atoms with Crippen LogP contribution in [0.3, 0.4) is 0 Å². The minimum absolute atomic E-state index is 0.0894. The molecule has 2 aliphatic rings. The lowest BCUT2D eigenvalue weighted by atomic mass is 9.84. The van der Waals surface area contributed by atoms with E-state index in [4.69, 9.17) is 9.47 Å². The van der Waals surface area contributed by atoms with Crippen LogP contribution in [0.2, 0.25) is 0 Å². The van der Waals surface area contributed by atoms with E-state index < -0.39 is 0 Å². The molecule has 0 aliphatic carbocycles. The van der Waals surface area contributed by atoms with Gasteiger partial charge in [0.05, 0.1) is 12.0 Å². The zero-order valence-corrected chi connectivity index (χ0v) is 15.2. The summed E-state index contributed by atoms with van der Waals surface area (Å²) in [6.07, 6.45) is 5.02. The second-order valence-electron chi connectivity index (χ2n) is 6.91. The number of esters is 1. The average molecular weight is 385 g/mol. The Hall–Kier alpha value is -3.93. The minimum Gasteiger partial charge on any atom is -0.508 e. The summed E-state index contributed by atoms with van der Waals surface area (Å²) in [7, 11) is 0. The molecule has 2 aromatic carbocycles. The molecule has 0 spiro atoms. The Labute approximate surface area is 166 Å². The number of phenolic OH excluding ortho intramolecular Hbond substituents is 1. The van der Waals surface area contributed by atoms with Crippen LogP contribution in [0.5, 0.6) is 17.2 Å². The Morgan fingerprint density at radius 2 is 1.97 bits per heavy atom. The molecule has 1 atom stereocenters. The zero-order valence-electron chi connectivity index (χ0n) is 15.2. The van der Waals surface area contributed by atoms with Gasteiger partial charge in [-0.1, -0.05) is 18.2 Å². The lowest BCUT2D eigenvalue weighted by Crippen LogP contribution is -2.21. The maximum absolute atomic E-state index is 12.9.